The average Bonchev–Trinajstić information content (AvgIpc) is 3.30. The smallest absolute Gasteiger partial charge is 0.216 e. The van der Waals surface area contributed by atoms with E-state index in [1.165, 1.54) is 0 Å². The molecule has 5 aromatic rings. The first-order valence-corrected chi connectivity index (χ1v) is 14.8. The first-order valence-electron chi connectivity index (χ1n) is 12.6. The fourth-order valence-electron chi connectivity index (χ4n) is 5.38. The number of benzene rings is 3. The minimum absolute atomic E-state index is 0.501. The number of fused-ring (bicyclic) bond motifs is 4. The normalized spacial score (nSPS) is 16.8. The molecule has 0 radical (unpaired) electrons. The van der Waals surface area contributed by atoms with E-state index in [-0.39, 0.29) is 0 Å². The molecule has 1 aliphatic rings. The average molecular weight is 462 g/mol. The van der Waals surface area contributed by atoms with Gasteiger partial charge in [0.1, 0.15) is 18.2 Å². The van der Waals surface area contributed by atoms with E-state index in [9.17, 15) is 5.26 Å². The standard InChI is InChI=1S/C30H27N2OSi/c1-19-11-13-23-24-14-12-20(18-31)28(22-8-7-10-26-21(22)15-17-34(26,3)4)30(24)33-29(23)27(19)25-9-5-6-16-32(25)2/h5-14,16H,15,17H2,1-4H3/q+1/i15D2. The van der Waals surface area contributed by atoms with Crippen LogP contribution in [0.3, 0.4) is 0 Å². The van der Waals surface area contributed by atoms with Crippen LogP contribution in [0.1, 0.15) is 19.4 Å². The number of hydrogen-bond donors (Lipinski definition) is 0. The Bertz CT molecular complexity index is 1760. The second kappa shape index (κ2) is 7.41. The van der Waals surface area contributed by atoms with Crippen LogP contribution in [-0.2, 0) is 13.4 Å². The van der Waals surface area contributed by atoms with E-state index >= 15 is 0 Å². The van der Waals surface area contributed by atoms with Crippen LogP contribution in [0.4, 0.5) is 0 Å². The topological polar surface area (TPSA) is 40.8 Å². The van der Waals surface area contributed by atoms with Crippen LogP contribution in [0, 0.1) is 18.3 Å². The molecule has 0 unspecified atom stereocenters. The highest BCUT2D eigenvalue weighted by Gasteiger charge is 2.34. The van der Waals surface area contributed by atoms with Crippen molar-refractivity contribution in [3.63, 3.8) is 0 Å². The van der Waals surface area contributed by atoms with Gasteiger partial charge >= 0.3 is 0 Å². The Balaban J connectivity index is 1.75. The van der Waals surface area contributed by atoms with Gasteiger partial charge in [0.15, 0.2) is 6.20 Å². The van der Waals surface area contributed by atoms with E-state index in [0.717, 1.165) is 49.5 Å². The lowest BCUT2D eigenvalue weighted by Crippen LogP contribution is -2.37. The van der Waals surface area contributed by atoms with Gasteiger partial charge in [-0.15, -0.1) is 0 Å². The van der Waals surface area contributed by atoms with Crippen molar-refractivity contribution >= 4 is 35.2 Å². The van der Waals surface area contributed by atoms with Crippen molar-refractivity contribution in [2.24, 2.45) is 7.05 Å². The van der Waals surface area contributed by atoms with Crippen LogP contribution in [0.5, 0.6) is 0 Å². The summed E-state index contributed by atoms with van der Waals surface area (Å²) < 4.78 is 26.7. The molecule has 0 aliphatic carbocycles. The SMILES string of the molecule is [2H]C1([2H])C[Si](C)(C)c2cccc(-c3c(C#N)ccc4c3oc3c(-c5cccc[n+]5C)c(C)ccc34)c21. The zero-order valence-corrected chi connectivity index (χ0v) is 20.9. The third-order valence-electron chi connectivity index (χ3n) is 7.22. The lowest BCUT2D eigenvalue weighted by Gasteiger charge is -2.17. The zero-order valence-electron chi connectivity index (χ0n) is 21.9. The molecule has 2 aromatic heterocycles. The Labute approximate surface area is 203 Å². The Morgan fingerprint density at radius 2 is 1.74 bits per heavy atom. The molecule has 3 nitrogen and oxygen atoms in total. The monoisotopic (exact) mass is 461 g/mol. The highest BCUT2D eigenvalue weighted by atomic mass is 28.3. The summed E-state index contributed by atoms with van der Waals surface area (Å²) in [5.74, 6) is 0. The molecule has 0 bridgehead atoms. The summed E-state index contributed by atoms with van der Waals surface area (Å²) in [5, 5.41) is 13.2. The third-order valence-corrected chi connectivity index (χ3v) is 10.2. The molecule has 34 heavy (non-hydrogen) atoms. The molecule has 6 rings (SSSR count). The van der Waals surface area contributed by atoms with E-state index in [1.54, 1.807) is 0 Å². The maximum Gasteiger partial charge on any atom is 0.216 e. The predicted molar refractivity (Wildman–Crippen MR) is 141 cm³/mol. The quantitative estimate of drug-likeness (QED) is 0.226. The number of hydrogen-bond acceptors (Lipinski definition) is 2. The van der Waals surface area contributed by atoms with Gasteiger partial charge in [-0.2, -0.15) is 5.26 Å². The number of nitrogens with zero attached hydrogens (tertiary/aromatic N) is 2. The predicted octanol–water partition coefficient (Wildman–Crippen LogP) is 6.40. The Kier molecular flexibility index (Phi) is 4.08. The maximum absolute atomic E-state index is 10.1. The Morgan fingerprint density at radius 3 is 2.50 bits per heavy atom. The van der Waals surface area contributed by atoms with E-state index in [2.05, 4.69) is 54.9 Å². The first-order chi connectivity index (χ1) is 17.1. The summed E-state index contributed by atoms with van der Waals surface area (Å²) >= 11 is 0. The molecule has 4 heteroatoms. The molecule has 0 spiro atoms. The zero-order chi connectivity index (χ0) is 25.4. The minimum atomic E-state index is -1.95. The number of aromatic nitrogens is 1. The maximum atomic E-state index is 10.1. The summed E-state index contributed by atoms with van der Waals surface area (Å²) in [6, 6.07) is 23.1. The highest BCUT2D eigenvalue weighted by Crippen LogP contribution is 2.43. The van der Waals surface area contributed by atoms with Crippen molar-refractivity contribution in [3.05, 3.63) is 83.6 Å². The van der Waals surface area contributed by atoms with E-state index in [1.807, 2.05) is 49.6 Å². The number of pyridine rings is 1. The molecular weight excluding hydrogens is 432 g/mol. The van der Waals surface area contributed by atoms with E-state index < -0.39 is 14.4 Å². The Morgan fingerprint density at radius 1 is 0.971 bits per heavy atom. The van der Waals surface area contributed by atoms with Gasteiger partial charge in [-0.05, 0) is 54.2 Å². The summed E-state index contributed by atoms with van der Waals surface area (Å²) in [7, 11) is 0.0788. The van der Waals surface area contributed by atoms with Crippen LogP contribution >= 0.6 is 0 Å². The largest absolute Gasteiger partial charge is 0.454 e. The van der Waals surface area contributed by atoms with Crippen molar-refractivity contribution in [1.29, 1.82) is 5.26 Å². The molecular formula is C30H27N2OSi+. The molecule has 0 saturated heterocycles. The fourth-order valence-corrected chi connectivity index (χ4v) is 7.64. The number of aryl methyl sites for hydroxylation is 2. The minimum Gasteiger partial charge on any atom is -0.454 e. The van der Waals surface area contributed by atoms with Gasteiger partial charge in [0.25, 0.3) is 0 Å². The van der Waals surface area contributed by atoms with Crippen molar-refractivity contribution in [2.75, 3.05) is 0 Å². The van der Waals surface area contributed by atoms with Crippen LogP contribution in [0.15, 0.2) is 71.3 Å². The van der Waals surface area contributed by atoms with Crippen LogP contribution < -0.4 is 9.75 Å². The van der Waals surface area contributed by atoms with Crippen LogP contribution in [-0.4, -0.2) is 8.07 Å². The van der Waals surface area contributed by atoms with Gasteiger partial charge in [-0.3, -0.25) is 0 Å². The van der Waals surface area contributed by atoms with Crippen molar-refractivity contribution in [2.45, 2.75) is 32.4 Å². The second-order valence-electron chi connectivity index (χ2n) is 9.88. The van der Waals surface area contributed by atoms with Gasteiger partial charge < -0.3 is 4.42 Å². The molecule has 3 aromatic carbocycles. The first kappa shape index (κ1) is 18.7. The van der Waals surface area contributed by atoms with Crippen molar-refractivity contribution in [3.8, 4) is 28.5 Å². The molecule has 3 heterocycles. The van der Waals surface area contributed by atoms with E-state index in [4.69, 9.17) is 7.16 Å². The highest BCUT2D eigenvalue weighted by molar-refractivity contribution is 6.91. The number of rotatable bonds is 2. The number of nitriles is 1. The van der Waals surface area contributed by atoms with Gasteiger partial charge in [-0.1, -0.05) is 48.6 Å². The van der Waals surface area contributed by atoms with Gasteiger partial charge in [0.05, 0.1) is 25.3 Å². The molecule has 166 valence electrons. The molecule has 0 amide bonds. The van der Waals surface area contributed by atoms with Crippen LogP contribution in [0.25, 0.3) is 44.3 Å². The molecule has 0 saturated carbocycles. The van der Waals surface area contributed by atoms with E-state index in [0.29, 0.717) is 22.8 Å². The van der Waals surface area contributed by atoms with Crippen molar-refractivity contribution in [1.82, 2.24) is 0 Å². The summed E-state index contributed by atoms with van der Waals surface area (Å²) in [6.07, 6.45) is 0.582. The lowest BCUT2D eigenvalue weighted by atomic mass is 9.92. The third kappa shape index (κ3) is 2.90. The van der Waals surface area contributed by atoms with Gasteiger partial charge in [0.2, 0.25) is 5.69 Å². The Hall–Kier alpha value is -3.68. The molecule has 1 aliphatic heterocycles. The molecule has 0 N–H and O–H groups in total. The van der Waals surface area contributed by atoms with Gasteiger partial charge in [-0.25, -0.2) is 4.57 Å². The summed E-state index contributed by atoms with van der Waals surface area (Å²) in [4.78, 5) is 0. The fraction of sp³-hybridized carbons (Fsp3) is 0.200. The molecule has 0 atom stereocenters. The molecule has 0 fully saturated rings. The second-order valence-corrected chi connectivity index (χ2v) is 14.5. The summed E-state index contributed by atoms with van der Waals surface area (Å²) in [5.41, 5.74) is 7.32. The van der Waals surface area contributed by atoms with Gasteiger partial charge in [0, 0.05) is 31.2 Å². The van der Waals surface area contributed by atoms with Crippen LogP contribution in [0.2, 0.25) is 19.1 Å². The van der Waals surface area contributed by atoms with Crippen molar-refractivity contribution < 1.29 is 11.7 Å². The lowest BCUT2D eigenvalue weighted by molar-refractivity contribution is -0.660. The number of furan rings is 1. The summed E-state index contributed by atoms with van der Waals surface area (Å²) in [6.45, 7) is 6.53.